The van der Waals surface area contributed by atoms with Crippen molar-refractivity contribution in [2.75, 3.05) is 5.32 Å². The predicted molar refractivity (Wildman–Crippen MR) is 103 cm³/mol. The van der Waals surface area contributed by atoms with Gasteiger partial charge in [0, 0.05) is 5.69 Å². The van der Waals surface area contributed by atoms with E-state index in [0.29, 0.717) is 22.4 Å². The van der Waals surface area contributed by atoms with Gasteiger partial charge in [-0.25, -0.2) is 9.37 Å². The Morgan fingerprint density at radius 1 is 1.18 bits per heavy atom. The minimum absolute atomic E-state index is 0.177. The molecule has 0 spiro atoms. The molecule has 0 fully saturated rings. The minimum Gasteiger partial charge on any atom is -0.459 e. The lowest BCUT2D eigenvalue weighted by Gasteiger charge is -2.12. The highest BCUT2D eigenvalue weighted by Crippen LogP contribution is 2.17. The summed E-state index contributed by atoms with van der Waals surface area (Å²) in [6.45, 7) is 2.02. The molecular weight excluding hydrogens is 361 g/mol. The fourth-order valence-corrected chi connectivity index (χ4v) is 2.97. The molecule has 1 amide bonds. The Labute approximate surface area is 159 Å². The van der Waals surface area contributed by atoms with E-state index in [1.807, 2.05) is 0 Å². The number of hydrogen-bond donors (Lipinski definition) is 1. The van der Waals surface area contributed by atoms with E-state index in [-0.39, 0.29) is 23.7 Å². The topological polar surface area (TPSA) is 77.1 Å². The number of halogens is 1. The van der Waals surface area contributed by atoms with Crippen molar-refractivity contribution in [3.63, 3.8) is 0 Å². The second-order valence-corrected chi connectivity index (χ2v) is 6.34. The van der Waals surface area contributed by atoms with Gasteiger partial charge in [0.2, 0.25) is 0 Å². The van der Waals surface area contributed by atoms with E-state index >= 15 is 0 Å². The molecule has 7 heteroatoms. The molecule has 2 heterocycles. The maximum atomic E-state index is 13.1. The molecule has 0 saturated carbocycles. The number of fused-ring (bicyclic) bond motifs is 1. The molecule has 140 valence electrons. The third-order valence-electron chi connectivity index (χ3n) is 4.40. The van der Waals surface area contributed by atoms with Crippen LogP contribution < -0.4 is 10.9 Å². The zero-order chi connectivity index (χ0) is 19.7. The number of carbonyl (C=O) groups is 1. The molecular formula is C21H16FN3O3. The van der Waals surface area contributed by atoms with Gasteiger partial charge in [-0.05, 0) is 55.0 Å². The minimum atomic E-state index is -0.406. The average Bonchev–Trinajstić information content (AvgIpc) is 3.22. The lowest BCUT2D eigenvalue weighted by molar-refractivity contribution is 0.0996. The number of anilines is 1. The molecule has 0 bridgehead atoms. The summed E-state index contributed by atoms with van der Waals surface area (Å²) in [5.41, 5.74) is 1.55. The number of nitrogens with zero attached hydrogens (tertiary/aromatic N) is 2. The standard InChI is InChI=1S/C21H16FN3O3/c1-13-23-18-9-8-16(24-20(26)19-3-2-10-28-19)11-17(18)21(27)25(13)12-14-4-6-15(22)7-5-14/h2-11H,12H2,1H3,(H,24,26). The van der Waals surface area contributed by atoms with Crippen LogP contribution in [0.2, 0.25) is 0 Å². The molecule has 0 atom stereocenters. The first-order chi connectivity index (χ1) is 13.5. The summed E-state index contributed by atoms with van der Waals surface area (Å²) in [5, 5.41) is 3.08. The van der Waals surface area contributed by atoms with Crippen molar-refractivity contribution >= 4 is 22.5 Å². The molecule has 2 aromatic heterocycles. The monoisotopic (exact) mass is 377 g/mol. The molecule has 0 radical (unpaired) electrons. The highest BCUT2D eigenvalue weighted by atomic mass is 19.1. The average molecular weight is 377 g/mol. The predicted octanol–water partition coefficient (Wildman–Crippen LogP) is 3.74. The van der Waals surface area contributed by atoms with Crippen molar-refractivity contribution < 1.29 is 13.6 Å². The van der Waals surface area contributed by atoms with Gasteiger partial charge in [-0.3, -0.25) is 14.2 Å². The number of amides is 1. The molecule has 4 rings (SSSR count). The summed E-state index contributed by atoms with van der Waals surface area (Å²) in [6, 6.07) is 14.1. The first-order valence-corrected chi connectivity index (χ1v) is 8.62. The first-order valence-electron chi connectivity index (χ1n) is 8.62. The van der Waals surface area contributed by atoms with Crippen molar-refractivity contribution in [3.05, 3.63) is 94.2 Å². The number of aromatic nitrogens is 2. The third kappa shape index (κ3) is 3.42. The lowest BCUT2D eigenvalue weighted by atomic mass is 10.2. The van der Waals surface area contributed by atoms with Crippen LogP contribution in [0, 0.1) is 12.7 Å². The molecule has 1 N–H and O–H groups in total. The smallest absolute Gasteiger partial charge is 0.291 e. The van der Waals surface area contributed by atoms with Crippen molar-refractivity contribution in [3.8, 4) is 0 Å². The number of aryl methyl sites for hydroxylation is 1. The quantitative estimate of drug-likeness (QED) is 0.588. The fraction of sp³-hybridized carbons (Fsp3) is 0.0952. The summed E-state index contributed by atoms with van der Waals surface area (Å²) >= 11 is 0. The van der Waals surface area contributed by atoms with E-state index < -0.39 is 5.91 Å². The van der Waals surface area contributed by atoms with E-state index in [2.05, 4.69) is 10.3 Å². The second kappa shape index (κ2) is 7.11. The van der Waals surface area contributed by atoms with Crippen molar-refractivity contribution in [1.82, 2.24) is 9.55 Å². The SMILES string of the molecule is Cc1nc2ccc(NC(=O)c3ccco3)cc2c(=O)n1Cc1ccc(F)cc1. The molecule has 2 aromatic carbocycles. The van der Waals surface area contributed by atoms with Gasteiger partial charge < -0.3 is 9.73 Å². The van der Waals surface area contributed by atoms with Crippen LogP contribution in [0.5, 0.6) is 0 Å². The van der Waals surface area contributed by atoms with Gasteiger partial charge in [-0.1, -0.05) is 12.1 Å². The van der Waals surface area contributed by atoms with Gasteiger partial charge in [0.1, 0.15) is 11.6 Å². The zero-order valence-corrected chi connectivity index (χ0v) is 15.0. The van der Waals surface area contributed by atoms with Crippen molar-refractivity contribution in [2.45, 2.75) is 13.5 Å². The van der Waals surface area contributed by atoms with Crippen molar-refractivity contribution in [2.24, 2.45) is 0 Å². The van der Waals surface area contributed by atoms with Gasteiger partial charge in [0.15, 0.2) is 5.76 Å². The summed E-state index contributed by atoms with van der Waals surface area (Å²) in [7, 11) is 0. The second-order valence-electron chi connectivity index (χ2n) is 6.34. The molecule has 0 saturated heterocycles. The number of rotatable bonds is 4. The number of benzene rings is 2. The third-order valence-corrected chi connectivity index (χ3v) is 4.40. The van der Waals surface area contributed by atoms with Crippen LogP contribution in [0.4, 0.5) is 10.1 Å². The van der Waals surface area contributed by atoms with Gasteiger partial charge in [-0.15, -0.1) is 0 Å². The van der Waals surface area contributed by atoms with Crippen LogP contribution in [0.1, 0.15) is 21.9 Å². The first kappa shape index (κ1) is 17.7. The maximum Gasteiger partial charge on any atom is 0.291 e. The highest BCUT2D eigenvalue weighted by Gasteiger charge is 2.12. The van der Waals surface area contributed by atoms with E-state index in [0.717, 1.165) is 5.56 Å². The zero-order valence-electron chi connectivity index (χ0n) is 15.0. The van der Waals surface area contributed by atoms with E-state index in [4.69, 9.17) is 4.42 Å². The lowest BCUT2D eigenvalue weighted by Crippen LogP contribution is -2.24. The van der Waals surface area contributed by atoms with Crippen molar-refractivity contribution in [1.29, 1.82) is 0 Å². The van der Waals surface area contributed by atoms with Crippen LogP contribution >= 0.6 is 0 Å². The number of nitrogens with one attached hydrogen (secondary N) is 1. The highest BCUT2D eigenvalue weighted by molar-refractivity contribution is 6.03. The van der Waals surface area contributed by atoms with Crippen LogP contribution in [0.15, 0.2) is 70.1 Å². The van der Waals surface area contributed by atoms with Crippen LogP contribution in [-0.4, -0.2) is 15.5 Å². The van der Waals surface area contributed by atoms with E-state index in [1.165, 1.54) is 23.0 Å². The Balaban J connectivity index is 1.70. The largest absolute Gasteiger partial charge is 0.459 e. The van der Waals surface area contributed by atoms with Gasteiger partial charge in [0.05, 0.1) is 23.7 Å². The summed E-state index contributed by atoms with van der Waals surface area (Å²) in [6.07, 6.45) is 1.41. The molecule has 28 heavy (non-hydrogen) atoms. The Morgan fingerprint density at radius 2 is 1.96 bits per heavy atom. The number of furan rings is 1. The normalized spacial score (nSPS) is 10.9. The van der Waals surface area contributed by atoms with Crippen LogP contribution in [0.3, 0.4) is 0 Å². The molecule has 6 nitrogen and oxygen atoms in total. The van der Waals surface area contributed by atoms with Crippen LogP contribution in [0.25, 0.3) is 10.9 Å². The van der Waals surface area contributed by atoms with Crippen LogP contribution in [-0.2, 0) is 6.54 Å². The number of carbonyl (C=O) groups excluding carboxylic acids is 1. The molecule has 0 aliphatic carbocycles. The fourth-order valence-electron chi connectivity index (χ4n) is 2.97. The van der Waals surface area contributed by atoms with E-state index in [9.17, 15) is 14.0 Å². The summed E-state index contributed by atoms with van der Waals surface area (Å²) in [4.78, 5) is 29.6. The number of hydrogen-bond acceptors (Lipinski definition) is 4. The van der Waals surface area contributed by atoms with Gasteiger partial charge >= 0.3 is 0 Å². The Hall–Kier alpha value is -3.74. The molecule has 0 aliphatic heterocycles. The maximum absolute atomic E-state index is 13.1. The Bertz CT molecular complexity index is 1210. The molecule has 4 aromatic rings. The Kier molecular flexibility index (Phi) is 4.49. The molecule has 0 unspecified atom stereocenters. The summed E-state index contributed by atoms with van der Waals surface area (Å²) < 4.78 is 19.7. The summed E-state index contributed by atoms with van der Waals surface area (Å²) in [5.74, 6) is -0.0116. The van der Waals surface area contributed by atoms with E-state index in [1.54, 1.807) is 49.4 Å². The van der Waals surface area contributed by atoms with Gasteiger partial charge in [0.25, 0.3) is 11.5 Å². The van der Waals surface area contributed by atoms with Gasteiger partial charge in [-0.2, -0.15) is 0 Å². The Morgan fingerprint density at radius 3 is 2.68 bits per heavy atom. The molecule has 0 aliphatic rings.